The van der Waals surface area contributed by atoms with Crippen molar-refractivity contribution in [2.45, 2.75) is 0 Å². The first-order valence-corrected chi connectivity index (χ1v) is 5.94. The van der Waals surface area contributed by atoms with Gasteiger partial charge in [0, 0.05) is 26.2 Å². The van der Waals surface area contributed by atoms with Crippen molar-refractivity contribution < 1.29 is 9.47 Å². The van der Waals surface area contributed by atoms with Gasteiger partial charge in [-0.3, -0.25) is 0 Å². The summed E-state index contributed by atoms with van der Waals surface area (Å²) < 4.78 is 10.9. The highest BCUT2D eigenvalue weighted by atomic mass is 16.5. The Labute approximate surface area is 99.5 Å². The summed E-state index contributed by atoms with van der Waals surface area (Å²) in [6, 6.07) is 0. The van der Waals surface area contributed by atoms with E-state index < -0.39 is 0 Å². The second-order valence-electron chi connectivity index (χ2n) is 3.74. The van der Waals surface area contributed by atoms with Crippen molar-refractivity contribution in [1.29, 1.82) is 0 Å². The van der Waals surface area contributed by atoms with E-state index in [4.69, 9.17) is 9.47 Å². The van der Waals surface area contributed by atoms with Crippen molar-refractivity contribution in [2.75, 3.05) is 73.7 Å². The minimum Gasteiger partial charge on any atom is -0.379 e. The molecular weight excluding hydrogens is 206 g/mol. The molecule has 0 radical (unpaired) electrons. The van der Waals surface area contributed by atoms with Gasteiger partial charge in [-0.1, -0.05) is 0 Å². The van der Waals surface area contributed by atoms with Crippen LogP contribution in [-0.2, 0) is 9.47 Å². The molecule has 98 valence electrons. The lowest BCUT2D eigenvalue weighted by atomic mass is 10.5. The van der Waals surface area contributed by atoms with Gasteiger partial charge in [0.1, 0.15) is 0 Å². The first kappa shape index (κ1) is 15.8. The van der Waals surface area contributed by atoms with Crippen LogP contribution in [0, 0.1) is 0 Å². The van der Waals surface area contributed by atoms with Crippen LogP contribution in [0.25, 0.3) is 0 Å². The van der Waals surface area contributed by atoms with Crippen LogP contribution in [0.4, 0.5) is 0 Å². The number of likely N-dealkylation sites (N-methyl/N-ethyl adjacent to an activating group) is 3. The molecule has 0 saturated heterocycles. The maximum Gasteiger partial charge on any atom is 0.0593 e. The van der Waals surface area contributed by atoms with E-state index in [1.54, 1.807) is 0 Å². The Morgan fingerprint density at radius 3 is 1.62 bits per heavy atom. The number of nitrogens with zero attached hydrogens (tertiary/aromatic N) is 1. The smallest absolute Gasteiger partial charge is 0.0593 e. The van der Waals surface area contributed by atoms with Gasteiger partial charge in [0.25, 0.3) is 0 Å². The van der Waals surface area contributed by atoms with E-state index in [0.29, 0.717) is 0 Å². The minimum atomic E-state index is 0.781. The largest absolute Gasteiger partial charge is 0.379 e. The molecule has 0 saturated carbocycles. The first-order chi connectivity index (χ1) is 7.81. The number of hydrogen-bond donors (Lipinski definition) is 2. The molecule has 0 aliphatic carbocycles. The lowest BCUT2D eigenvalue weighted by Gasteiger charge is -2.16. The number of ether oxygens (including phenoxy) is 2. The van der Waals surface area contributed by atoms with E-state index in [0.717, 1.165) is 52.6 Å². The maximum atomic E-state index is 5.43. The van der Waals surface area contributed by atoms with Crippen molar-refractivity contribution in [2.24, 2.45) is 0 Å². The Hall–Kier alpha value is -0.200. The van der Waals surface area contributed by atoms with Crippen LogP contribution in [-0.4, -0.2) is 78.6 Å². The fraction of sp³-hybridized carbons (Fsp3) is 1.00. The zero-order valence-corrected chi connectivity index (χ0v) is 10.9. The van der Waals surface area contributed by atoms with Gasteiger partial charge in [0.2, 0.25) is 0 Å². The SMILES string of the molecule is CNCCOCCN(C)CCOCCNC. The van der Waals surface area contributed by atoms with Crippen molar-refractivity contribution in [3.63, 3.8) is 0 Å². The van der Waals surface area contributed by atoms with Gasteiger partial charge in [-0.25, -0.2) is 0 Å². The van der Waals surface area contributed by atoms with Crippen LogP contribution in [0.5, 0.6) is 0 Å². The lowest BCUT2D eigenvalue weighted by molar-refractivity contribution is 0.0867. The average Bonchev–Trinajstić information content (AvgIpc) is 2.28. The van der Waals surface area contributed by atoms with Gasteiger partial charge in [-0.2, -0.15) is 0 Å². The van der Waals surface area contributed by atoms with Gasteiger partial charge in [-0.05, 0) is 21.1 Å². The highest BCUT2D eigenvalue weighted by Gasteiger charge is 1.97. The molecule has 0 aliphatic heterocycles. The predicted octanol–water partition coefficient (Wildman–Crippen LogP) is -0.610. The summed E-state index contributed by atoms with van der Waals surface area (Å²) in [5, 5.41) is 6.09. The second-order valence-corrected chi connectivity index (χ2v) is 3.74. The van der Waals surface area contributed by atoms with Crippen LogP contribution in [0.15, 0.2) is 0 Å². The summed E-state index contributed by atoms with van der Waals surface area (Å²) >= 11 is 0. The molecule has 0 unspecified atom stereocenters. The molecule has 5 nitrogen and oxygen atoms in total. The van der Waals surface area contributed by atoms with Crippen molar-refractivity contribution in [1.82, 2.24) is 15.5 Å². The van der Waals surface area contributed by atoms with Crippen LogP contribution in [0.2, 0.25) is 0 Å². The standard InChI is InChI=1S/C11H27N3O2/c1-12-4-8-15-10-6-14(3)7-11-16-9-5-13-2/h12-13H,4-11H2,1-3H3. The predicted molar refractivity (Wildman–Crippen MR) is 67.0 cm³/mol. The number of hydrogen-bond acceptors (Lipinski definition) is 5. The molecule has 0 spiro atoms. The maximum absolute atomic E-state index is 5.43. The molecule has 0 aliphatic rings. The summed E-state index contributed by atoms with van der Waals surface area (Å²) in [6.45, 7) is 6.88. The van der Waals surface area contributed by atoms with E-state index in [1.807, 2.05) is 14.1 Å². The summed E-state index contributed by atoms with van der Waals surface area (Å²) in [5.41, 5.74) is 0. The Kier molecular flexibility index (Phi) is 12.7. The minimum absolute atomic E-state index is 0.781. The Bertz CT molecular complexity index is 122. The highest BCUT2D eigenvalue weighted by Crippen LogP contribution is 1.84. The topological polar surface area (TPSA) is 45.8 Å². The van der Waals surface area contributed by atoms with Gasteiger partial charge in [0.15, 0.2) is 0 Å². The lowest BCUT2D eigenvalue weighted by Crippen LogP contribution is -2.28. The van der Waals surface area contributed by atoms with E-state index >= 15 is 0 Å². The molecule has 16 heavy (non-hydrogen) atoms. The Morgan fingerprint density at radius 1 is 0.812 bits per heavy atom. The van der Waals surface area contributed by atoms with Gasteiger partial charge in [0.05, 0.1) is 26.4 Å². The van der Waals surface area contributed by atoms with Gasteiger partial charge >= 0.3 is 0 Å². The van der Waals surface area contributed by atoms with E-state index in [9.17, 15) is 0 Å². The van der Waals surface area contributed by atoms with Crippen LogP contribution >= 0.6 is 0 Å². The second kappa shape index (κ2) is 12.9. The van der Waals surface area contributed by atoms with Crippen LogP contribution in [0.3, 0.4) is 0 Å². The molecular formula is C11H27N3O2. The summed E-state index contributed by atoms with van der Waals surface area (Å²) in [5.74, 6) is 0. The molecule has 2 N–H and O–H groups in total. The molecule has 0 aromatic heterocycles. The average molecular weight is 233 g/mol. The van der Waals surface area contributed by atoms with Crippen LogP contribution in [0.1, 0.15) is 0 Å². The summed E-state index contributed by atoms with van der Waals surface area (Å²) in [6.07, 6.45) is 0. The van der Waals surface area contributed by atoms with Gasteiger partial charge < -0.3 is 25.0 Å². The van der Waals surface area contributed by atoms with Crippen molar-refractivity contribution >= 4 is 0 Å². The molecule has 0 heterocycles. The quantitative estimate of drug-likeness (QED) is 0.440. The fourth-order valence-corrected chi connectivity index (χ4v) is 1.11. The summed E-state index contributed by atoms with van der Waals surface area (Å²) in [7, 11) is 5.94. The molecule has 0 atom stereocenters. The number of nitrogens with one attached hydrogen (secondary N) is 2. The molecule has 0 aromatic carbocycles. The third-order valence-electron chi connectivity index (χ3n) is 2.23. The molecule has 5 heteroatoms. The molecule has 0 fully saturated rings. The fourth-order valence-electron chi connectivity index (χ4n) is 1.11. The monoisotopic (exact) mass is 233 g/mol. The molecule has 0 rings (SSSR count). The van der Waals surface area contributed by atoms with E-state index in [-0.39, 0.29) is 0 Å². The Balaban J connectivity index is 3.09. The van der Waals surface area contributed by atoms with Crippen molar-refractivity contribution in [3.8, 4) is 0 Å². The summed E-state index contributed by atoms with van der Waals surface area (Å²) in [4.78, 5) is 2.22. The first-order valence-electron chi connectivity index (χ1n) is 5.94. The zero-order valence-electron chi connectivity index (χ0n) is 10.9. The van der Waals surface area contributed by atoms with E-state index in [2.05, 4.69) is 22.6 Å². The van der Waals surface area contributed by atoms with Gasteiger partial charge in [-0.15, -0.1) is 0 Å². The highest BCUT2D eigenvalue weighted by molar-refractivity contribution is 4.50. The van der Waals surface area contributed by atoms with Crippen LogP contribution < -0.4 is 10.6 Å². The van der Waals surface area contributed by atoms with E-state index in [1.165, 1.54) is 0 Å². The third kappa shape index (κ3) is 11.9. The third-order valence-corrected chi connectivity index (χ3v) is 2.23. The molecule has 0 amide bonds. The normalized spacial score (nSPS) is 11.2. The van der Waals surface area contributed by atoms with Crippen molar-refractivity contribution in [3.05, 3.63) is 0 Å². The molecule has 0 aromatic rings. The molecule has 0 bridgehead atoms. The number of rotatable bonds is 12. The zero-order chi connectivity index (χ0) is 12.1. The Morgan fingerprint density at radius 2 is 1.25 bits per heavy atom.